The largest absolute Gasteiger partial charge is 0.380 e. The van der Waals surface area contributed by atoms with Gasteiger partial charge in [0, 0.05) is 19.5 Å². The molecule has 120 valence electrons. The van der Waals surface area contributed by atoms with E-state index in [-0.39, 0.29) is 0 Å². The summed E-state index contributed by atoms with van der Waals surface area (Å²) >= 11 is 0. The Morgan fingerprint density at radius 3 is 2.74 bits per heavy atom. The number of aliphatic hydroxyl groups excluding tert-OH is 1. The van der Waals surface area contributed by atoms with Crippen LogP contribution in [0.5, 0.6) is 0 Å². The Kier molecular flexibility index (Phi) is 4.77. The molecule has 0 radical (unpaired) electrons. The highest BCUT2D eigenvalue weighted by atomic mass is 16.3. The molecular weight excluding hydrogens is 292 g/mol. The summed E-state index contributed by atoms with van der Waals surface area (Å²) in [4.78, 5) is 8.46. The molecule has 3 rings (SSSR count). The lowest BCUT2D eigenvalue weighted by Gasteiger charge is -2.05. The predicted molar refractivity (Wildman–Crippen MR) is 84.5 cm³/mol. The van der Waals surface area contributed by atoms with Gasteiger partial charge in [0.15, 0.2) is 5.82 Å². The van der Waals surface area contributed by atoms with Crippen molar-refractivity contribution in [2.24, 2.45) is 0 Å². The minimum Gasteiger partial charge on any atom is -0.380 e. The summed E-state index contributed by atoms with van der Waals surface area (Å²) in [6.45, 7) is 3.54. The number of aliphatic hydroxyl groups is 1. The molecule has 2 heterocycles. The van der Waals surface area contributed by atoms with Crippen molar-refractivity contribution >= 4 is 0 Å². The lowest BCUT2D eigenvalue weighted by atomic mass is 10.1. The zero-order chi connectivity index (χ0) is 16.1. The van der Waals surface area contributed by atoms with Gasteiger partial charge in [-0.3, -0.25) is 4.68 Å². The van der Waals surface area contributed by atoms with Crippen LogP contribution >= 0.6 is 0 Å². The molecule has 23 heavy (non-hydrogen) atoms. The molecule has 7 heteroatoms. The topological polar surface area (TPSA) is 81.6 Å². The van der Waals surface area contributed by atoms with E-state index in [1.165, 1.54) is 6.33 Å². The van der Waals surface area contributed by atoms with Crippen molar-refractivity contribution in [3.05, 3.63) is 60.2 Å². The monoisotopic (exact) mass is 312 g/mol. The number of hydrogen-bond acceptors (Lipinski definition) is 5. The minimum absolute atomic E-state index is 0.453. The average Bonchev–Trinajstić information content (AvgIpc) is 3.24. The summed E-state index contributed by atoms with van der Waals surface area (Å²) in [5.74, 6) is 1.34. The van der Waals surface area contributed by atoms with E-state index >= 15 is 0 Å². The van der Waals surface area contributed by atoms with Crippen LogP contribution in [-0.2, 0) is 19.5 Å². The van der Waals surface area contributed by atoms with Crippen LogP contribution in [0.3, 0.4) is 0 Å². The van der Waals surface area contributed by atoms with Gasteiger partial charge in [0.25, 0.3) is 0 Å². The molecule has 0 bridgehead atoms. The molecule has 1 atom stereocenters. The van der Waals surface area contributed by atoms with Crippen molar-refractivity contribution in [1.82, 2.24) is 29.5 Å². The van der Waals surface area contributed by atoms with Gasteiger partial charge in [0.1, 0.15) is 24.6 Å². The van der Waals surface area contributed by atoms with Crippen LogP contribution in [0.15, 0.2) is 43.0 Å². The third-order valence-electron chi connectivity index (χ3n) is 3.68. The fourth-order valence-electron chi connectivity index (χ4n) is 2.48. The summed E-state index contributed by atoms with van der Waals surface area (Å²) < 4.78 is 3.65. The van der Waals surface area contributed by atoms with Gasteiger partial charge in [0.2, 0.25) is 0 Å². The van der Waals surface area contributed by atoms with Gasteiger partial charge in [-0.05, 0) is 18.9 Å². The molecule has 0 aliphatic rings. The van der Waals surface area contributed by atoms with Crippen molar-refractivity contribution in [3.8, 4) is 0 Å². The Bertz CT molecular complexity index is 722. The van der Waals surface area contributed by atoms with Crippen LogP contribution in [0, 0.1) is 0 Å². The second-order valence-electron chi connectivity index (χ2n) is 5.28. The maximum Gasteiger partial charge on any atom is 0.183 e. The first-order chi connectivity index (χ1) is 11.3. The van der Waals surface area contributed by atoms with E-state index in [4.69, 9.17) is 0 Å². The van der Waals surface area contributed by atoms with Gasteiger partial charge in [-0.25, -0.2) is 14.6 Å². The quantitative estimate of drug-likeness (QED) is 0.716. The van der Waals surface area contributed by atoms with Crippen LogP contribution in [0.4, 0.5) is 0 Å². The SMILES string of the molecule is CCn1nc(C(O)c2ccccc2)nc1CCCn1cncn1. The molecule has 1 aromatic carbocycles. The average molecular weight is 312 g/mol. The van der Waals surface area contributed by atoms with E-state index < -0.39 is 6.10 Å². The van der Waals surface area contributed by atoms with Crippen LogP contribution < -0.4 is 0 Å². The Balaban J connectivity index is 1.70. The Labute approximate surface area is 134 Å². The minimum atomic E-state index is -0.793. The molecule has 7 nitrogen and oxygen atoms in total. The van der Waals surface area contributed by atoms with Gasteiger partial charge < -0.3 is 5.11 Å². The first kappa shape index (κ1) is 15.4. The standard InChI is InChI=1S/C16H20N6O/c1-2-22-14(9-6-10-21-12-17-11-18-21)19-16(20-22)15(23)13-7-4-3-5-8-13/h3-5,7-8,11-12,15,23H,2,6,9-10H2,1H3. The Morgan fingerprint density at radius 2 is 2.04 bits per heavy atom. The molecule has 0 spiro atoms. The zero-order valence-electron chi connectivity index (χ0n) is 13.1. The molecule has 1 unspecified atom stereocenters. The van der Waals surface area contributed by atoms with Gasteiger partial charge >= 0.3 is 0 Å². The van der Waals surface area contributed by atoms with E-state index in [0.29, 0.717) is 5.82 Å². The first-order valence-corrected chi connectivity index (χ1v) is 7.77. The highest BCUT2D eigenvalue weighted by Crippen LogP contribution is 2.19. The number of benzene rings is 1. The van der Waals surface area contributed by atoms with Crippen molar-refractivity contribution in [3.63, 3.8) is 0 Å². The van der Waals surface area contributed by atoms with Crippen molar-refractivity contribution in [2.45, 2.75) is 39.0 Å². The highest BCUT2D eigenvalue weighted by molar-refractivity contribution is 5.22. The zero-order valence-corrected chi connectivity index (χ0v) is 13.1. The smallest absolute Gasteiger partial charge is 0.183 e. The second kappa shape index (κ2) is 7.15. The first-order valence-electron chi connectivity index (χ1n) is 7.77. The maximum atomic E-state index is 10.4. The normalized spacial score (nSPS) is 12.4. The Hall–Kier alpha value is -2.54. The van der Waals surface area contributed by atoms with Gasteiger partial charge in [0.05, 0.1) is 0 Å². The van der Waals surface area contributed by atoms with Crippen molar-refractivity contribution in [1.29, 1.82) is 0 Å². The molecule has 0 saturated heterocycles. The number of aryl methyl sites for hydroxylation is 3. The van der Waals surface area contributed by atoms with Gasteiger partial charge in [-0.1, -0.05) is 30.3 Å². The molecule has 0 aliphatic heterocycles. The van der Waals surface area contributed by atoms with Crippen LogP contribution in [0.1, 0.15) is 36.7 Å². The predicted octanol–water partition coefficient (Wildman–Crippen LogP) is 1.60. The van der Waals surface area contributed by atoms with E-state index in [0.717, 1.165) is 37.3 Å². The fourth-order valence-corrected chi connectivity index (χ4v) is 2.48. The molecule has 0 saturated carbocycles. The van der Waals surface area contributed by atoms with Crippen molar-refractivity contribution < 1.29 is 5.11 Å². The third kappa shape index (κ3) is 3.62. The van der Waals surface area contributed by atoms with E-state index in [2.05, 4.69) is 20.2 Å². The molecule has 2 aromatic heterocycles. The summed E-state index contributed by atoms with van der Waals surface area (Å²) in [5, 5.41) is 19.0. The molecule has 3 aromatic rings. The van der Waals surface area contributed by atoms with Crippen LogP contribution in [0.25, 0.3) is 0 Å². The van der Waals surface area contributed by atoms with Gasteiger partial charge in [-0.15, -0.1) is 0 Å². The van der Waals surface area contributed by atoms with Crippen molar-refractivity contribution in [2.75, 3.05) is 0 Å². The highest BCUT2D eigenvalue weighted by Gasteiger charge is 2.17. The van der Waals surface area contributed by atoms with E-state index in [9.17, 15) is 5.11 Å². The molecule has 0 fully saturated rings. The lowest BCUT2D eigenvalue weighted by molar-refractivity contribution is 0.209. The number of hydrogen-bond donors (Lipinski definition) is 1. The Morgan fingerprint density at radius 1 is 1.22 bits per heavy atom. The number of rotatable bonds is 7. The van der Waals surface area contributed by atoms with E-state index in [1.54, 1.807) is 11.0 Å². The summed E-state index contributed by atoms with van der Waals surface area (Å²) in [5.41, 5.74) is 0.801. The maximum absolute atomic E-state index is 10.4. The fraction of sp³-hybridized carbons (Fsp3) is 0.375. The summed E-state index contributed by atoms with van der Waals surface area (Å²) in [6.07, 6.45) is 4.11. The van der Waals surface area contributed by atoms with Crippen LogP contribution in [0.2, 0.25) is 0 Å². The number of aromatic nitrogens is 6. The summed E-state index contributed by atoms with van der Waals surface area (Å²) in [7, 11) is 0. The van der Waals surface area contributed by atoms with Crippen LogP contribution in [-0.4, -0.2) is 34.6 Å². The third-order valence-corrected chi connectivity index (χ3v) is 3.68. The molecule has 1 N–H and O–H groups in total. The lowest BCUT2D eigenvalue weighted by Crippen LogP contribution is -2.06. The summed E-state index contributed by atoms with van der Waals surface area (Å²) in [6, 6.07) is 9.47. The second-order valence-corrected chi connectivity index (χ2v) is 5.28. The molecule has 0 amide bonds. The van der Waals surface area contributed by atoms with Gasteiger partial charge in [-0.2, -0.15) is 10.2 Å². The van der Waals surface area contributed by atoms with E-state index in [1.807, 2.05) is 41.9 Å². The molecule has 0 aliphatic carbocycles. The molecular formula is C16H20N6O. The number of nitrogens with zero attached hydrogens (tertiary/aromatic N) is 6.